The molecule has 0 heterocycles. The highest BCUT2D eigenvalue weighted by Gasteiger charge is 2.34. The lowest BCUT2D eigenvalue weighted by Crippen LogP contribution is -2.31. The standard InChI is InChI=1S/C26H35NO2/c1-5-7-18-27(19-8-6-2)24-16-14-23(15-17-24)26(4,21(3)25(28)29)20-22-12-10-9-11-13-22/h9-17H,3,5-8,18-20H2,1-2,4H3,(H,28,29). The van der Waals surface area contributed by atoms with Gasteiger partial charge in [0.15, 0.2) is 0 Å². The number of hydrogen-bond donors (Lipinski definition) is 1. The van der Waals surface area contributed by atoms with Gasteiger partial charge < -0.3 is 10.0 Å². The van der Waals surface area contributed by atoms with E-state index >= 15 is 0 Å². The predicted molar refractivity (Wildman–Crippen MR) is 123 cm³/mol. The minimum absolute atomic E-state index is 0.225. The van der Waals surface area contributed by atoms with Crippen LogP contribution >= 0.6 is 0 Å². The number of rotatable bonds is 12. The fourth-order valence-corrected chi connectivity index (χ4v) is 3.73. The summed E-state index contributed by atoms with van der Waals surface area (Å²) in [4.78, 5) is 14.3. The van der Waals surface area contributed by atoms with Gasteiger partial charge in [-0.2, -0.15) is 0 Å². The predicted octanol–water partition coefficient (Wildman–Crippen LogP) is 6.23. The van der Waals surface area contributed by atoms with Crippen LogP contribution in [-0.2, 0) is 16.6 Å². The molecule has 0 spiro atoms. The molecule has 0 radical (unpaired) electrons. The van der Waals surface area contributed by atoms with Crippen LogP contribution < -0.4 is 4.90 Å². The Bertz CT molecular complexity index is 774. The van der Waals surface area contributed by atoms with Crippen LogP contribution in [0.5, 0.6) is 0 Å². The molecule has 0 aromatic heterocycles. The summed E-state index contributed by atoms with van der Waals surface area (Å²) in [7, 11) is 0. The van der Waals surface area contributed by atoms with Crippen molar-refractivity contribution in [3.8, 4) is 0 Å². The molecule has 1 unspecified atom stereocenters. The van der Waals surface area contributed by atoms with E-state index in [4.69, 9.17) is 0 Å². The molecule has 0 fully saturated rings. The summed E-state index contributed by atoms with van der Waals surface area (Å²) in [6.45, 7) is 12.5. The second kappa shape index (κ2) is 10.8. The van der Waals surface area contributed by atoms with Gasteiger partial charge in [0.25, 0.3) is 0 Å². The van der Waals surface area contributed by atoms with E-state index in [2.05, 4.69) is 49.6 Å². The number of anilines is 1. The second-order valence-electron chi connectivity index (χ2n) is 8.02. The largest absolute Gasteiger partial charge is 0.478 e. The van der Waals surface area contributed by atoms with Crippen molar-refractivity contribution >= 4 is 11.7 Å². The molecule has 0 aliphatic rings. The van der Waals surface area contributed by atoms with Crippen LogP contribution in [0, 0.1) is 0 Å². The van der Waals surface area contributed by atoms with Gasteiger partial charge in [-0.3, -0.25) is 0 Å². The van der Waals surface area contributed by atoms with Crippen molar-refractivity contribution in [2.24, 2.45) is 0 Å². The van der Waals surface area contributed by atoms with Crippen LogP contribution in [0.3, 0.4) is 0 Å². The third kappa shape index (κ3) is 5.96. The van der Waals surface area contributed by atoms with E-state index in [0.717, 1.165) is 24.2 Å². The Balaban J connectivity index is 2.33. The highest BCUT2D eigenvalue weighted by Crippen LogP contribution is 2.36. The van der Waals surface area contributed by atoms with Crippen molar-refractivity contribution in [3.05, 3.63) is 77.9 Å². The van der Waals surface area contributed by atoms with E-state index in [1.165, 1.54) is 31.4 Å². The Morgan fingerprint density at radius 2 is 1.52 bits per heavy atom. The average molecular weight is 394 g/mol. The number of benzene rings is 2. The Morgan fingerprint density at radius 1 is 0.966 bits per heavy atom. The fraction of sp³-hybridized carbons (Fsp3) is 0.423. The SMILES string of the molecule is C=C(C(=O)O)C(C)(Cc1ccccc1)c1ccc(N(CCCC)CCCC)cc1. The van der Waals surface area contributed by atoms with E-state index < -0.39 is 11.4 Å². The fourth-order valence-electron chi connectivity index (χ4n) is 3.73. The molecule has 3 heteroatoms. The monoisotopic (exact) mass is 393 g/mol. The smallest absolute Gasteiger partial charge is 0.331 e. The van der Waals surface area contributed by atoms with Gasteiger partial charge in [-0.05, 0) is 42.5 Å². The molecule has 0 saturated heterocycles. The lowest BCUT2D eigenvalue weighted by atomic mass is 9.72. The van der Waals surface area contributed by atoms with Gasteiger partial charge in [-0.25, -0.2) is 4.79 Å². The Hall–Kier alpha value is -2.55. The number of aliphatic carboxylic acids is 1. The van der Waals surface area contributed by atoms with Crippen molar-refractivity contribution in [2.45, 2.75) is 58.3 Å². The molecule has 1 N–H and O–H groups in total. The van der Waals surface area contributed by atoms with Gasteiger partial charge >= 0.3 is 5.97 Å². The van der Waals surface area contributed by atoms with Crippen LogP contribution in [0.25, 0.3) is 0 Å². The van der Waals surface area contributed by atoms with Crippen molar-refractivity contribution < 1.29 is 9.90 Å². The van der Waals surface area contributed by atoms with Crippen LogP contribution in [0.1, 0.15) is 57.6 Å². The van der Waals surface area contributed by atoms with E-state index in [9.17, 15) is 9.90 Å². The number of carboxylic acid groups (broad SMARTS) is 1. The maximum Gasteiger partial charge on any atom is 0.331 e. The highest BCUT2D eigenvalue weighted by molar-refractivity contribution is 5.89. The van der Waals surface area contributed by atoms with E-state index in [-0.39, 0.29) is 5.57 Å². The van der Waals surface area contributed by atoms with Crippen LogP contribution in [0.4, 0.5) is 5.69 Å². The second-order valence-corrected chi connectivity index (χ2v) is 8.02. The van der Waals surface area contributed by atoms with Gasteiger partial charge in [0.2, 0.25) is 0 Å². The minimum Gasteiger partial charge on any atom is -0.478 e. The van der Waals surface area contributed by atoms with Crippen molar-refractivity contribution in [1.29, 1.82) is 0 Å². The third-order valence-corrected chi connectivity index (χ3v) is 5.76. The zero-order valence-electron chi connectivity index (χ0n) is 18.2. The van der Waals surface area contributed by atoms with Gasteiger partial charge in [0.1, 0.15) is 0 Å². The van der Waals surface area contributed by atoms with Crippen molar-refractivity contribution in [1.82, 2.24) is 0 Å². The Morgan fingerprint density at radius 3 is 2.00 bits per heavy atom. The summed E-state index contributed by atoms with van der Waals surface area (Å²) in [5.41, 5.74) is 2.86. The molecule has 2 rings (SSSR count). The summed E-state index contributed by atoms with van der Waals surface area (Å²) < 4.78 is 0. The summed E-state index contributed by atoms with van der Waals surface area (Å²) in [5.74, 6) is -0.944. The molecule has 2 aromatic rings. The molecule has 1 atom stereocenters. The average Bonchev–Trinajstić information content (AvgIpc) is 2.74. The van der Waals surface area contributed by atoms with Gasteiger partial charge in [-0.1, -0.05) is 82.7 Å². The first-order valence-electron chi connectivity index (χ1n) is 10.7. The van der Waals surface area contributed by atoms with Gasteiger partial charge in [-0.15, -0.1) is 0 Å². The van der Waals surface area contributed by atoms with E-state index in [1.807, 2.05) is 37.3 Å². The number of unbranched alkanes of at least 4 members (excludes halogenated alkanes) is 2. The molecule has 0 aliphatic carbocycles. The van der Waals surface area contributed by atoms with Gasteiger partial charge in [0, 0.05) is 29.8 Å². The summed E-state index contributed by atoms with van der Waals surface area (Å²) in [6, 6.07) is 18.5. The number of carboxylic acids is 1. The summed E-state index contributed by atoms with van der Waals surface area (Å²) in [5, 5.41) is 9.69. The molecule has 0 amide bonds. The number of carbonyl (C=O) groups is 1. The first-order chi connectivity index (χ1) is 13.9. The van der Waals surface area contributed by atoms with Gasteiger partial charge in [0.05, 0.1) is 0 Å². The molecule has 0 aliphatic heterocycles. The first-order valence-corrected chi connectivity index (χ1v) is 10.7. The van der Waals surface area contributed by atoms with E-state index in [1.54, 1.807) is 0 Å². The Labute approximate surface area is 176 Å². The molecule has 3 nitrogen and oxygen atoms in total. The van der Waals surface area contributed by atoms with Crippen LogP contribution in [0.15, 0.2) is 66.7 Å². The number of nitrogens with zero attached hydrogens (tertiary/aromatic N) is 1. The maximum atomic E-state index is 11.8. The van der Waals surface area contributed by atoms with Crippen molar-refractivity contribution in [2.75, 3.05) is 18.0 Å². The lowest BCUT2D eigenvalue weighted by Gasteiger charge is -2.32. The molecular weight excluding hydrogens is 358 g/mol. The highest BCUT2D eigenvalue weighted by atomic mass is 16.4. The molecule has 0 bridgehead atoms. The topological polar surface area (TPSA) is 40.5 Å². The molecule has 2 aromatic carbocycles. The zero-order chi connectivity index (χ0) is 21.3. The van der Waals surface area contributed by atoms with Crippen LogP contribution in [-0.4, -0.2) is 24.2 Å². The third-order valence-electron chi connectivity index (χ3n) is 5.76. The molecule has 156 valence electrons. The lowest BCUT2D eigenvalue weighted by molar-refractivity contribution is -0.133. The zero-order valence-corrected chi connectivity index (χ0v) is 18.2. The Kier molecular flexibility index (Phi) is 8.50. The minimum atomic E-state index is -0.944. The molecule has 0 saturated carbocycles. The summed E-state index contributed by atoms with van der Waals surface area (Å²) >= 11 is 0. The summed E-state index contributed by atoms with van der Waals surface area (Å²) in [6.07, 6.45) is 5.30. The van der Waals surface area contributed by atoms with Crippen molar-refractivity contribution in [3.63, 3.8) is 0 Å². The normalized spacial score (nSPS) is 12.9. The van der Waals surface area contributed by atoms with Crippen LogP contribution in [0.2, 0.25) is 0 Å². The molecule has 29 heavy (non-hydrogen) atoms. The quantitative estimate of drug-likeness (QED) is 0.434. The first kappa shape index (κ1) is 22.7. The van der Waals surface area contributed by atoms with E-state index in [0.29, 0.717) is 6.42 Å². The number of hydrogen-bond acceptors (Lipinski definition) is 2. The molecular formula is C26H35NO2. The maximum absolute atomic E-state index is 11.8.